The van der Waals surface area contributed by atoms with Crippen LogP contribution in [0.2, 0.25) is 0 Å². The Balaban J connectivity index is 1.81. The third kappa shape index (κ3) is 2.94. The molecule has 5 nitrogen and oxygen atoms in total. The molecule has 3 rings (SSSR count). The van der Waals surface area contributed by atoms with Crippen LogP contribution in [-0.4, -0.2) is 26.6 Å². The second kappa shape index (κ2) is 6.15. The molecular weight excluding hydrogens is 276 g/mol. The molecule has 3 N–H and O–H groups in total. The Morgan fingerprint density at radius 2 is 2.09 bits per heavy atom. The summed E-state index contributed by atoms with van der Waals surface area (Å²) in [6.07, 6.45) is 4.52. The third-order valence-electron chi connectivity index (χ3n) is 3.57. The largest absolute Gasteiger partial charge is 0.384 e. The lowest BCUT2D eigenvalue weighted by Gasteiger charge is -2.12. The molecule has 0 aliphatic rings. The Labute approximate surface area is 129 Å². The van der Waals surface area contributed by atoms with Gasteiger partial charge < -0.3 is 15.4 Å². The van der Waals surface area contributed by atoms with Crippen LogP contribution in [0.4, 0.5) is 5.82 Å². The first kappa shape index (κ1) is 14.5. The molecule has 1 atom stereocenters. The Morgan fingerprint density at radius 1 is 1.23 bits per heavy atom. The molecule has 0 saturated heterocycles. The fourth-order valence-electron chi connectivity index (χ4n) is 2.36. The number of hydrogen-bond acceptors (Lipinski definition) is 4. The predicted octanol–water partition coefficient (Wildman–Crippen LogP) is 3.11. The molecule has 0 amide bonds. The smallest absolute Gasteiger partial charge is 0.137 e. The van der Waals surface area contributed by atoms with Crippen molar-refractivity contribution in [3.63, 3.8) is 0 Å². The monoisotopic (exact) mass is 296 g/mol. The fraction of sp³-hybridized carbons (Fsp3) is 0.294. The highest BCUT2D eigenvalue weighted by Gasteiger charge is 2.15. The predicted molar refractivity (Wildman–Crippen MR) is 87.7 cm³/mol. The second-order valence-electron chi connectivity index (χ2n) is 5.80. The highest BCUT2D eigenvalue weighted by molar-refractivity contribution is 5.80. The van der Waals surface area contributed by atoms with Crippen molar-refractivity contribution in [3.8, 4) is 0 Å². The maximum absolute atomic E-state index is 10.6. The van der Waals surface area contributed by atoms with E-state index < -0.39 is 6.10 Å². The van der Waals surface area contributed by atoms with Crippen LogP contribution in [0.5, 0.6) is 0 Å². The van der Waals surface area contributed by atoms with Gasteiger partial charge in [-0.1, -0.05) is 19.9 Å². The summed E-state index contributed by atoms with van der Waals surface area (Å²) in [7, 11) is 0. The number of H-pyrrole nitrogens is 1. The van der Waals surface area contributed by atoms with Gasteiger partial charge in [0.1, 0.15) is 17.6 Å². The first-order valence-corrected chi connectivity index (χ1v) is 7.45. The molecule has 0 spiro atoms. The average Bonchev–Trinajstić information content (AvgIpc) is 2.97. The van der Waals surface area contributed by atoms with Gasteiger partial charge >= 0.3 is 0 Å². The van der Waals surface area contributed by atoms with Gasteiger partial charge in [0.25, 0.3) is 0 Å². The Bertz CT molecular complexity index is 749. The number of rotatable bonds is 5. The van der Waals surface area contributed by atoms with Crippen molar-refractivity contribution < 1.29 is 5.11 Å². The molecule has 114 valence electrons. The van der Waals surface area contributed by atoms with Crippen molar-refractivity contribution >= 4 is 16.9 Å². The standard InChI is InChI=1S/C17H20N4O/c1-11(2)8-19-15-6-5-12(9-20-15)16(22)14-10-21-17-13(14)4-3-7-18-17/h3-7,9-11,16,22H,8H2,1-2H3,(H,18,21)(H,19,20). The minimum Gasteiger partial charge on any atom is -0.384 e. The minimum atomic E-state index is -0.718. The summed E-state index contributed by atoms with van der Waals surface area (Å²) < 4.78 is 0. The van der Waals surface area contributed by atoms with Gasteiger partial charge in [0.2, 0.25) is 0 Å². The van der Waals surface area contributed by atoms with Crippen LogP contribution >= 0.6 is 0 Å². The molecule has 1 unspecified atom stereocenters. The number of aromatic nitrogens is 3. The second-order valence-corrected chi connectivity index (χ2v) is 5.80. The highest BCUT2D eigenvalue weighted by atomic mass is 16.3. The number of aromatic amines is 1. The fourth-order valence-corrected chi connectivity index (χ4v) is 2.36. The van der Waals surface area contributed by atoms with E-state index in [0.29, 0.717) is 5.92 Å². The summed E-state index contributed by atoms with van der Waals surface area (Å²) in [4.78, 5) is 11.7. The van der Waals surface area contributed by atoms with E-state index in [9.17, 15) is 5.11 Å². The van der Waals surface area contributed by atoms with E-state index in [1.165, 1.54) is 0 Å². The summed E-state index contributed by atoms with van der Waals surface area (Å²) in [6.45, 7) is 5.18. The molecule has 0 bridgehead atoms. The normalized spacial score (nSPS) is 12.7. The number of aliphatic hydroxyl groups is 1. The molecule has 0 aliphatic heterocycles. The van der Waals surface area contributed by atoms with Crippen molar-refractivity contribution in [1.29, 1.82) is 0 Å². The third-order valence-corrected chi connectivity index (χ3v) is 3.57. The molecule has 0 saturated carbocycles. The van der Waals surface area contributed by atoms with E-state index in [2.05, 4.69) is 34.1 Å². The van der Waals surface area contributed by atoms with Crippen LogP contribution in [0, 0.1) is 5.92 Å². The molecule has 3 aromatic heterocycles. The summed E-state index contributed by atoms with van der Waals surface area (Å²) >= 11 is 0. The van der Waals surface area contributed by atoms with E-state index in [4.69, 9.17) is 0 Å². The SMILES string of the molecule is CC(C)CNc1ccc(C(O)c2c[nH]c3ncccc23)cn1. The van der Waals surface area contributed by atoms with Crippen LogP contribution in [0.1, 0.15) is 31.1 Å². The van der Waals surface area contributed by atoms with E-state index in [0.717, 1.165) is 34.5 Å². The molecule has 0 aromatic carbocycles. The average molecular weight is 296 g/mol. The van der Waals surface area contributed by atoms with Crippen LogP contribution in [-0.2, 0) is 0 Å². The van der Waals surface area contributed by atoms with Crippen molar-refractivity contribution in [2.24, 2.45) is 5.92 Å². The Hall–Kier alpha value is -2.40. The van der Waals surface area contributed by atoms with Crippen LogP contribution < -0.4 is 5.32 Å². The highest BCUT2D eigenvalue weighted by Crippen LogP contribution is 2.27. The van der Waals surface area contributed by atoms with Crippen LogP contribution in [0.3, 0.4) is 0 Å². The van der Waals surface area contributed by atoms with E-state index in [1.54, 1.807) is 18.6 Å². The molecule has 0 fully saturated rings. The maximum Gasteiger partial charge on any atom is 0.137 e. The topological polar surface area (TPSA) is 73.8 Å². The van der Waals surface area contributed by atoms with Gasteiger partial charge in [-0.2, -0.15) is 0 Å². The van der Waals surface area contributed by atoms with Crippen LogP contribution in [0.15, 0.2) is 42.9 Å². The number of pyridine rings is 2. The van der Waals surface area contributed by atoms with E-state index >= 15 is 0 Å². The molecule has 22 heavy (non-hydrogen) atoms. The zero-order valence-corrected chi connectivity index (χ0v) is 12.7. The molecule has 0 radical (unpaired) electrons. The zero-order valence-electron chi connectivity index (χ0n) is 12.7. The van der Waals surface area contributed by atoms with Crippen molar-refractivity contribution in [1.82, 2.24) is 15.0 Å². The van der Waals surface area contributed by atoms with Gasteiger partial charge in [-0.05, 0) is 24.1 Å². The Morgan fingerprint density at radius 3 is 2.82 bits per heavy atom. The lowest BCUT2D eigenvalue weighted by atomic mass is 10.0. The number of aliphatic hydroxyl groups excluding tert-OH is 1. The maximum atomic E-state index is 10.6. The van der Waals surface area contributed by atoms with Crippen molar-refractivity contribution in [2.75, 3.05) is 11.9 Å². The summed E-state index contributed by atoms with van der Waals surface area (Å²) in [5.41, 5.74) is 2.35. The lowest BCUT2D eigenvalue weighted by Crippen LogP contribution is -2.09. The summed E-state index contributed by atoms with van der Waals surface area (Å²) in [5.74, 6) is 1.39. The Kier molecular flexibility index (Phi) is 4.06. The van der Waals surface area contributed by atoms with Crippen molar-refractivity contribution in [2.45, 2.75) is 20.0 Å². The van der Waals surface area contributed by atoms with Gasteiger partial charge in [-0.25, -0.2) is 9.97 Å². The molecule has 3 heterocycles. The van der Waals surface area contributed by atoms with Gasteiger partial charge in [-0.15, -0.1) is 0 Å². The molecule has 3 aromatic rings. The van der Waals surface area contributed by atoms with Gasteiger partial charge in [-0.3, -0.25) is 0 Å². The quantitative estimate of drug-likeness (QED) is 0.676. The number of fused-ring (bicyclic) bond motifs is 1. The van der Waals surface area contributed by atoms with Gasteiger partial charge in [0, 0.05) is 41.6 Å². The first-order chi connectivity index (χ1) is 10.6. The number of hydrogen-bond donors (Lipinski definition) is 3. The molecule has 5 heteroatoms. The van der Waals surface area contributed by atoms with E-state index in [-0.39, 0.29) is 0 Å². The van der Waals surface area contributed by atoms with Gasteiger partial charge in [0.15, 0.2) is 0 Å². The van der Waals surface area contributed by atoms with Crippen molar-refractivity contribution in [3.05, 3.63) is 54.0 Å². The number of anilines is 1. The minimum absolute atomic E-state index is 0.561. The summed E-state index contributed by atoms with van der Waals surface area (Å²) in [5, 5.41) is 14.8. The number of nitrogens with one attached hydrogen (secondary N) is 2. The first-order valence-electron chi connectivity index (χ1n) is 7.45. The van der Waals surface area contributed by atoms with E-state index in [1.807, 2.05) is 24.3 Å². The van der Waals surface area contributed by atoms with Crippen LogP contribution in [0.25, 0.3) is 11.0 Å². The molecule has 0 aliphatic carbocycles. The lowest BCUT2D eigenvalue weighted by molar-refractivity contribution is 0.221. The zero-order chi connectivity index (χ0) is 15.5. The van der Waals surface area contributed by atoms with Gasteiger partial charge in [0.05, 0.1) is 0 Å². The molecular formula is C17H20N4O. The summed E-state index contributed by atoms with van der Waals surface area (Å²) in [6, 6.07) is 7.61. The number of nitrogens with zero attached hydrogens (tertiary/aromatic N) is 2.